The van der Waals surface area contributed by atoms with Crippen LogP contribution in [-0.2, 0) is 4.74 Å². The SMILES string of the molecule is C=CC1CC=C(C2C=CC(OC)=C(F)C2F)CC1. The van der Waals surface area contributed by atoms with E-state index in [0.717, 1.165) is 24.8 Å². The summed E-state index contributed by atoms with van der Waals surface area (Å²) in [7, 11) is 1.35. The number of ether oxygens (including phenoxy) is 1. The molecule has 0 N–H and O–H groups in total. The van der Waals surface area contributed by atoms with Crippen molar-refractivity contribution in [3.05, 3.63) is 48.0 Å². The molecule has 0 aromatic carbocycles. The number of hydrogen-bond donors (Lipinski definition) is 0. The third-order valence-electron chi connectivity index (χ3n) is 3.72. The average Bonchev–Trinajstić information content (AvgIpc) is 2.42. The largest absolute Gasteiger partial charge is 0.494 e. The molecule has 98 valence electrons. The molecule has 0 saturated carbocycles. The molecule has 0 amide bonds. The molecule has 0 aromatic rings. The molecule has 1 nitrogen and oxygen atoms in total. The number of halogens is 2. The van der Waals surface area contributed by atoms with Gasteiger partial charge in [-0.05, 0) is 31.3 Å². The first kappa shape index (κ1) is 13.1. The fraction of sp³-hybridized carbons (Fsp3) is 0.467. The lowest BCUT2D eigenvalue weighted by Gasteiger charge is -2.28. The van der Waals surface area contributed by atoms with Crippen LogP contribution in [0, 0.1) is 11.8 Å². The molecule has 0 bridgehead atoms. The van der Waals surface area contributed by atoms with Crippen LogP contribution in [0.5, 0.6) is 0 Å². The molecule has 3 unspecified atom stereocenters. The Balaban J connectivity index is 2.13. The van der Waals surface area contributed by atoms with E-state index in [9.17, 15) is 8.78 Å². The van der Waals surface area contributed by atoms with Gasteiger partial charge in [0, 0.05) is 5.92 Å². The van der Waals surface area contributed by atoms with Gasteiger partial charge in [0.1, 0.15) is 0 Å². The highest BCUT2D eigenvalue weighted by molar-refractivity contribution is 5.32. The van der Waals surface area contributed by atoms with Crippen molar-refractivity contribution in [1.82, 2.24) is 0 Å². The Hall–Kier alpha value is -1.38. The zero-order valence-electron chi connectivity index (χ0n) is 10.5. The molecule has 0 aliphatic heterocycles. The van der Waals surface area contributed by atoms with E-state index in [1.54, 1.807) is 6.08 Å². The maximum absolute atomic E-state index is 14.0. The first-order valence-electron chi connectivity index (χ1n) is 6.24. The van der Waals surface area contributed by atoms with Crippen LogP contribution in [0.15, 0.2) is 48.0 Å². The maximum atomic E-state index is 14.0. The van der Waals surface area contributed by atoms with Crippen LogP contribution in [-0.4, -0.2) is 13.3 Å². The normalized spacial score (nSPS) is 32.2. The third-order valence-corrected chi connectivity index (χ3v) is 3.72. The Morgan fingerprint density at radius 1 is 1.50 bits per heavy atom. The van der Waals surface area contributed by atoms with Gasteiger partial charge in [0.15, 0.2) is 17.8 Å². The molecule has 0 radical (unpaired) electrons. The summed E-state index contributed by atoms with van der Waals surface area (Å²) in [6.45, 7) is 3.77. The van der Waals surface area contributed by atoms with Gasteiger partial charge < -0.3 is 4.74 Å². The Morgan fingerprint density at radius 2 is 2.28 bits per heavy atom. The van der Waals surface area contributed by atoms with E-state index in [1.165, 1.54) is 13.2 Å². The smallest absolute Gasteiger partial charge is 0.177 e. The molecule has 0 heterocycles. The van der Waals surface area contributed by atoms with Gasteiger partial charge in [-0.1, -0.05) is 23.8 Å². The fourth-order valence-electron chi connectivity index (χ4n) is 2.53. The second-order valence-electron chi connectivity index (χ2n) is 4.75. The molecule has 2 aliphatic rings. The van der Waals surface area contributed by atoms with Crippen LogP contribution in [0.25, 0.3) is 0 Å². The van der Waals surface area contributed by atoms with Crippen LogP contribution < -0.4 is 0 Å². The number of allylic oxidation sites excluding steroid dienone is 6. The standard InChI is InChI=1S/C15H18F2O/c1-3-10-4-6-11(7-5-10)12-8-9-13(18-2)15(17)14(12)16/h3,6,8-10,12,14H,1,4-5,7H2,2H3. The quantitative estimate of drug-likeness (QED) is 0.682. The van der Waals surface area contributed by atoms with E-state index in [-0.39, 0.29) is 5.76 Å². The number of alkyl halides is 1. The second-order valence-corrected chi connectivity index (χ2v) is 4.75. The first-order valence-corrected chi connectivity index (χ1v) is 6.24. The number of rotatable bonds is 3. The van der Waals surface area contributed by atoms with Gasteiger partial charge in [-0.2, -0.15) is 0 Å². The summed E-state index contributed by atoms with van der Waals surface area (Å²) < 4.78 is 32.5. The monoisotopic (exact) mass is 252 g/mol. The highest BCUT2D eigenvalue weighted by Crippen LogP contribution is 2.37. The summed E-state index contributed by atoms with van der Waals surface area (Å²) >= 11 is 0. The lowest BCUT2D eigenvalue weighted by Crippen LogP contribution is -2.23. The predicted octanol–water partition coefficient (Wildman–Crippen LogP) is 4.25. The van der Waals surface area contributed by atoms with Crippen LogP contribution in [0.2, 0.25) is 0 Å². The van der Waals surface area contributed by atoms with Gasteiger partial charge in [-0.15, -0.1) is 6.58 Å². The zero-order chi connectivity index (χ0) is 13.1. The van der Waals surface area contributed by atoms with E-state index < -0.39 is 17.9 Å². The van der Waals surface area contributed by atoms with E-state index in [0.29, 0.717) is 5.92 Å². The van der Waals surface area contributed by atoms with Crippen molar-refractivity contribution < 1.29 is 13.5 Å². The lowest BCUT2D eigenvalue weighted by atomic mass is 9.80. The topological polar surface area (TPSA) is 9.23 Å². The van der Waals surface area contributed by atoms with Crippen molar-refractivity contribution in [1.29, 1.82) is 0 Å². The highest BCUT2D eigenvalue weighted by Gasteiger charge is 2.32. The molecule has 18 heavy (non-hydrogen) atoms. The van der Waals surface area contributed by atoms with Crippen molar-refractivity contribution in [2.24, 2.45) is 11.8 Å². The molecule has 0 spiro atoms. The van der Waals surface area contributed by atoms with Gasteiger partial charge in [-0.3, -0.25) is 0 Å². The number of methoxy groups -OCH3 is 1. The van der Waals surface area contributed by atoms with Gasteiger partial charge in [0.05, 0.1) is 7.11 Å². The van der Waals surface area contributed by atoms with Gasteiger partial charge >= 0.3 is 0 Å². The molecule has 0 aromatic heterocycles. The highest BCUT2D eigenvalue weighted by atomic mass is 19.2. The summed E-state index contributed by atoms with van der Waals surface area (Å²) in [5.41, 5.74) is 0.988. The predicted molar refractivity (Wildman–Crippen MR) is 68.3 cm³/mol. The molecule has 2 aliphatic carbocycles. The Bertz CT molecular complexity index is 420. The Labute approximate surface area is 107 Å². The minimum Gasteiger partial charge on any atom is -0.494 e. The molecule has 0 fully saturated rings. The molecule has 2 rings (SSSR count). The lowest BCUT2D eigenvalue weighted by molar-refractivity contribution is 0.224. The molecule has 3 heteroatoms. The summed E-state index contributed by atoms with van der Waals surface area (Å²) in [5.74, 6) is -0.806. The summed E-state index contributed by atoms with van der Waals surface area (Å²) in [4.78, 5) is 0. The molecular weight excluding hydrogens is 234 g/mol. The van der Waals surface area contributed by atoms with Crippen LogP contribution in [0.4, 0.5) is 8.78 Å². The van der Waals surface area contributed by atoms with Crippen LogP contribution in [0.1, 0.15) is 19.3 Å². The van der Waals surface area contributed by atoms with Crippen molar-refractivity contribution in [3.8, 4) is 0 Å². The summed E-state index contributed by atoms with van der Waals surface area (Å²) in [6.07, 6.45) is 8.22. The first-order chi connectivity index (χ1) is 8.67. The zero-order valence-corrected chi connectivity index (χ0v) is 10.5. The van der Waals surface area contributed by atoms with Gasteiger partial charge in [0.2, 0.25) is 0 Å². The van der Waals surface area contributed by atoms with Crippen molar-refractivity contribution >= 4 is 0 Å². The van der Waals surface area contributed by atoms with Crippen LogP contribution in [0.3, 0.4) is 0 Å². The Morgan fingerprint density at radius 3 is 2.83 bits per heavy atom. The summed E-state index contributed by atoms with van der Waals surface area (Å²) in [6, 6.07) is 0. The minimum atomic E-state index is -1.61. The fourth-order valence-corrected chi connectivity index (χ4v) is 2.53. The molecular formula is C15H18F2O. The van der Waals surface area contributed by atoms with Crippen molar-refractivity contribution in [2.45, 2.75) is 25.4 Å². The minimum absolute atomic E-state index is 0.000808. The van der Waals surface area contributed by atoms with E-state index in [2.05, 4.69) is 6.58 Å². The van der Waals surface area contributed by atoms with Gasteiger partial charge in [0.25, 0.3) is 0 Å². The van der Waals surface area contributed by atoms with Crippen LogP contribution >= 0.6 is 0 Å². The van der Waals surface area contributed by atoms with E-state index >= 15 is 0 Å². The summed E-state index contributed by atoms with van der Waals surface area (Å²) in [5, 5.41) is 0. The average molecular weight is 252 g/mol. The number of hydrogen-bond acceptors (Lipinski definition) is 1. The molecule has 3 atom stereocenters. The molecule has 0 saturated heterocycles. The maximum Gasteiger partial charge on any atom is 0.177 e. The third kappa shape index (κ3) is 2.40. The second kappa shape index (κ2) is 5.51. The van der Waals surface area contributed by atoms with E-state index in [1.807, 2.05) is 12.2 Å². The Kier molecular flexibility index (Phi) is 4.00. The van der Waals surface area contributed by atoms with Crippen molar-refractivity contribution in [2.75, 3.05) is 7.11 Å². The van der Waals surface area contributed by atoms with Gasteiger partial charge in [-0.25, -0.2) is 8.78 Å². The van der Waals surface area contributed by atoms with E-state index in [4.69, 9.17) is 4.74 Å². The van der Waals surface area contributed by atoms with Crippen molar-refractivity contribution in [3.63, 3.8) is 0 Å².